The summed E-state index contributed by atoms with van der Waals surface area (Å²) in [6.07, 6.45) is 4.96. The minimum Gasteiger partial charge on any atom is -0.379 e. The number of hydrogen-bond donors (Lipinski definition) is 2. The van der Waals surface area contributed by atoms with Crippen LogP contribution in [-0.2, 0) is 4.74 Å². The number of nitrogens with zero attached hydrogens (tertiary/aromatic N) is 2. The first-order chi connectivity index (χ1) is 12.3. The van der Waals surface area contributed by atoms with Crippen molar-refractivity contribution in [3.63, 3.8) is 0 Å². The van der Waals surface area contributed by atoms with Crippen LogP contribution in [0, 0.1) is 5.92 Å². The van der Waals surface area contributed by atoms with Crippen LogP contribution >= 0.6 is 0 Å². The molecule has 0 bridgehead atoms. The monoisotopic (exact) mass is 344 g/mol. The van der Waals surface area contributed by atoms with Gasteiger partial charge in [-0.05, 0) is 50.7 Å². The first-order valence-electron chi connectivity index (χ1n) is 9.77. The average molecular weight is 345 g/mol. The van der Waals surface area contributed by atoms with E-state index in [-0.39, 0.29) is 0 Å². The molecule has 0 amide bonds. The number of guanidine groups is 1. The summed E-state index contributed by atoms with van der Waals surface area (Å²) < 4.78 is 5.67. The van der Waals surface area contributed by atoms with Crippen LogP contribution in [-0.4, -0.2) is 51.4 Å². The van der Waals surface area contributed by atoms with Crippen LogP contribution in [0.1, 0.15) is 32.6 Å². The summed E-state index contributed by atoms with van der Waals surface area (Å²) in [5.74, 6) is 1.75. The van der Waals surface area contributed by atoms with Crippen molar-refractivity contribution in [3.05, 3.63) is 30.3 Å². The highest BCUT2D eigenvalue weighted by Crippen LogP contribution is 2.28. The van der Waals surface area contributed by atoms with E-state index in [0.29, 0.717) is 6.04 Å². The molecular weight excluding hydrogens is 312 g/mol. The Labute approximate surface area is 151 Å². The molecule has 1 aromatic carbocycles. The van der Waals surface area contributed by atoms with Crippen molar-refractivity contribution in [2.45, 2.75) is 38.6 Å². The highest BCUT2D eigenvalue weighted by molar-refractivity contribution is 5.80. The third-order valence-electron chi connectivity index (χ3n) is 4.86. The molecule has 5 nitrogen and oxygen atoms in total. The molecule has 0 spiro atoms. The number of benzene rings is 1. The maximum absolute atomic E-state index is 5.67. The van der Waals surface area contributed by atoms with E-state index in [9.17, 15) is 0 Å². The van der Waals surface area contributed by atoms with Crippen LogP contribution in [0.3, 0.4) is 0 Å². The highest BCUT2D eigenvalue weighted by atomic mass is 16.5. The van der Waals surface area contributed by atoms with Crippen LogP contribution in [0.25, 0.3) is 0 Å². The van der Waals surface area contributed by atoms with Crippen molar-refractivity contribution >= 4 is 11.6 Å². The Morgan fingerprint density at radius 1 is 1.16 bits per heavy atom. The quantitative estimate of drug-likeness (QED) is 0.432. The van der Waals surface area contributed by atoms with E-state index < -0.39 is 0 Å². The zero-order chi connectivity index (χ0) is 17.3. The smallest absolute Gasteiger partial charge is 0.191 e. The maximum atomic E-state index is 5.67. The van der Waals surface area contributed by atoms with Gasteiger partial charge in [0.05, 0.1) is 13.2 Å². The van der Waals surface area contributed by atoms with Gasteiger partial charge in [-0.3, -0.25) is 4.99 Å². The standard InChI is InChI=1S/C20H32N4O/c1-2-21-20(22-12-15-25-16-17-8-9-17)23-18-10-13-24(14-11-18)19-6-4-3-5-7-19/h3-7,17-18H,2,8-16H2,1H3,(H2,21,22,23). The molecular formula is C20H32N4O. The molecule has 0 unspecified atom stereocenters. The molecule has 0 radical (unpaired) electrons. The van der Waals surface area contributed by atoms with E-state index in [1.54, 1.807) is 0 Å². The van der Waals surface area contributed by atoms with E-state index in [2.05, 4.69) is 57.8 Å². The van der Waals surface area contributed by atoms with Crippen molar-refractivity contribution in [2.75, 3.05) is 44.3 Å². The lowest BCUT2D eigenvalue weighted by molar-refractivity contribution is 0.131. The van der Waals surface area contributed by atoms with Crippen molar-refractivity contribution < 1.29 is 4.74 Å². The van der Waals surface area contributed by atoms with E-state index in [1.807, 2.05) is 0 Å². The fraction of sp³-hybridized carbons (Fsp3) is 0.650. The average Bonchev–Trinajstić information content (AvgIpc) is 3.47. The number of piperidine rings is 1. The zero-order valence-electron chi connectivity index (χ0n) is 15.4. The number of hydrogen-bond acceptors (Lipinski definition) is 3. The molecule has 1 aliphatic heterocycles. The van der Waals surface area contributed by atoms with Gasteiger partial charge in [-0.25, -0.2) is 0 Å². The molecule has 2 aliphatic rings. The Hall–Kier alpha value is -1.75. The Morgan fingerprint density at radius 3 is 2.60 bits per heavy atom. The number of rotatable bonds is 8. The molecule has 1 saturated heterocycles. The molecule has 25 heavy (non-hydrogen) atoms. The number of ether oxygens (including phenoxy) is 1. The van der Waals surface area contributed by atoms with Crippen LogP contribution in [0.5, 0.6) is 0 Å². The second kappa shape index (κ2) is 9.66. The van der Waals surface area contributed by atoms with E-state index in [4.69, 9.17) is 4.74 Å². The largest absolute Gasteiger partial charge is 0.379 e. The molecule has 1 aromatic rings. The van der Waals surface area contributed by atoms with Crippen LogP contribution in [0.4, 0.5) is 5.69 Å². The Kier molecular flexibility index (Phi) is 6.98. The van der Waals surface area contributed by atoms with Crippen molar-refractivity contribution in [3.8, 4) is 0 Å². The molecule has 1 saturated carbocycles. The fourth-order valence-corrected chi connectivity index (χ4v) is 3.19. The number of anilines is 1. The van der Waals surface area contributed by atoms with Gasteiger partial charge in [0.15, 0.2) is 5.96 Å². The van der Waals surface area contributed by atoms with E-state index >= 15 is 0 Å². The lowest BCUT2D eigenvalue weighted by Gasteiger charge is -2.34. The molecule has 1 heterocycles. The van der Waals surface area contributed by atoms with Crippen molar-refractivity contribution in [1.82, 2.24) is 10.6 Å². The number of para-hydroxylation sites is 1. The second-order valence-electron chi connectivity index (χ2n) is 7.02. The third-order valence-corrected chi connectivity index (χ3v) is 4.86. The van der Waals surface area contributed by atoms with Crippen LogP contribution in [0.2, 0.25) is 0 Å². The SMILES string of the molecule is CCNC(=NCCOCC1CC1)NC1CCN(c2ccccc2)CC1. The summed E-state index contributed by atoms with van der Waals surface area (Å²) >= 11 is 0. The van der Waals surface area contributed by atoms with Gasteiger partial charge < -0.3 is 20.3 Å². The van der Waals surface area contributed by atoms with Crippen molar-refractivity contribution in [2.24, 2.45) is 10.9 Å². The van der Waals surface area contributed by atoms with Gasteiger partial charge in [0, 0.05) is 38.0 Å². The van der Waals surface area contributed by atoms with Gasteiger partial charge in [-0.15, -0.1) is 0 Å². The summed E-state index contributed by atoms with van der Waals surface area (Å²) in [6.45, 7) is 7.54. The Morgan fingerprint density at radius 2 is 1.92 bits per heavy atom. The lowest BCUT2D eigenvalue weighted by atomic mass is 10.0. The maximum Gasteiger partial charge on any atom is 0.191 e. The van der Waals surface area contributed by atoms with Crippen LogP contribution < -0.4 is 15.5 Å². The predicted octanol–water partition coefficient (Wildman–Crippen LogP) is 2.64. The van der Waals surface area contributed by atoms with Gasteiger partial charge in [-0.1, -0.05) is 18.2 Å². The molecule has 5 heteroatoms. The summed E-state index contributed by atoms with van der Waals surface area (Å²) in [4.78, 5) is 7.12. The highest BCUT2D eigenvalue weighted by Gasteiger charge is 2.21. The Bertz CT molecular complexity index is 522. The predicted molar refractivity (Wildman–Crippen MR) is 104 cm³/mol. The van der Waals surface area contributed by atoms with Gasteiger partial charge >= 0.3 is 0 Å². The lowest BCUT2D eigenvalue weighted by Crippen LogP contribution is -2.48. The summed E-state index contributed by atoms with van der Waals surface area (Å²) in [5.41, 5.74) is 1.33. The summed E-state index contributed by atoms with van der Waals surface area (Å²) in [5, 5.41) is 6.95. The third kappa shape index (κ3) is 6.24. The minimum absolute atomic E-state index is 0.491. The first-order valence-corrected chi connectivity index (χ1v) is 9.77. The number of nitrogens with one attached hydrogen (secondary N) is 2. The van der Waals surface area contributed by atoms with Gasteiger partial charge in [-0.2, -0.15) is 0 Å². The summed E-state index contributed by atoms with van der Waals surface area (Å²) in [6, 6.07) is 11.2. The molecule has 0 aromatic heterocycles. The van der Waals surface area contributed by atoms with Gasteiger partial charge in [0.2, 0.25) is 0 Å². The molecule has 138 valence electrons. The number of aliphatic imine (C=N–C) groups is 1. The van der Waals surface area contributed by atoms with E-state index in [1.165, 1.54) is 18.5 Å². The van der Waals surface area contributed by atoms with E-state index in [0.717, 1.165) is 64.1 Å². The first kappa shape index (κ1) is 18.1. The zero-order valence-corrected chi connectivity index (χ0v) is 15.4. The molecule has 3 rings (SSSR count). The molecule has 2 N–H and O–H groups in total. The normalized spacial score (nSPS) is 19.1. The topological polar surface area (TPSA) is 48.9 Å². The molecule has 1 aliphatic carbocycles. The molecule has 2 fully saturated rings. The molecule has 0 atom stereocenters. The minimum atomic E-state index is 0.491. The van der Waals surface area contributed by atoms with Crippen LogP contribution in [0.15, 0.2) is 35.3 Å². The van der Waals surface area contributed by atoms with Gasteiger partial charge in [0.25, 0.3) is 0 Å². The van der Waals surface area contributed by atoms with Crippen molar-refractivity contribution in [1.29, 1.82) is 0 Å². The summed E-state index contributed by atoms with van der Waals surface area (Å²) in [7, 11) is 0. The Balaban J connectivity index is 1.39. The van der Waals surface area contributed by atoms with Gasteiger partial charge in [0.1, 0.15) is 0 Å². The fourth-order valence-electron chi connectivity index (χ4n) is 3.19. The second-order valence-corrected chi connectivity index (χ2v) is 7.02.